The van der Waals surface area contributed by atoms with E-state index in [1.54, 1.807) is 0 Å². The molecule has 1 aromatic heterocycles. The van der Waals surface area contributed by atoms with Crippen LogP contribution in [0.3, 0.4) is 0 Å². The van der Waals surface area contributed by atoms with Gasteiger partial charge in [-0.05, 0) is 32.4 Å². The van der Waals surface area contributed by atoms with Crippen LogP contribution in [0.2, 0.25) is 5.15 Å². The maximum absolute atomic E-state index is 6.26. The number of hydrogen-bond acceptors (Lipinski definition) is 4. The van der Waals surface area contributed by atoms with Crippen LogP contribution in [0, 0.1) is 6.92 Å². The molecule has 0 amide bonds. The molecule has 1 saturated heterocycles. The Morgan fingerprint density at radius 1 is 1.35 bits per heavy atom. The van der Waals surface area contributed by atoms with Gasteiger partial charge in [-0.3, -0.25) is 0 Å². The second kappa shape index (κ2) is 5.72. The van der Waals surface area contributed by atoms with Crippen molar-refractivity contribution in [1.29, 1.82) is 0 Å². The Morgan fingerprint density at radius 2 is 2.05 bits per heavy atom. The normalized spacial score (nSPS) is 23.1. The first-order valence-electron chi connectivity index (χ1n) is 7.14. The summed E-state index contributed by atoms with van der Waals surface area (Å²) in [6, 6.07) is 0. The molecule has 1 N–H and O–H groups in total. The quantitative estimate of drug-likeness (QED) is 0.838. The van der Waals surface area contributed by atoms with Crippen LogP contribution in [0.1, 0.15) is 51.9 Å². The van der Waals surface area contributed by atoms with E-state index in [0.717, 1.165) is 23.8 Å². The molecule has 0 radical (unpaired) electrons. The highest BCUT2D eigenvalue weighted by atomic mass is 35.5. The first-order valence-corrected chi connectivity index (χ1v) is 8.50. The molecule has 5 heteroatoms. The molecule has 1 fully saturated rings. The van der Waals surface area contributed by atoms with Gasteiger partial charge in [-0.2, -0.15) is 11.8 Å². The monoisotopic (exact) mass is 313 g/mol. The second-order valence-electron chi connectivity index (χ2n) is 6.82. The maximum Gasteiger partial charge on any atom is 0.137 e. The molecule has 20 heavy (non-hydrogen) atoms. The fourth-order valence-corrected chi connectivity index (χ4v) is 3.66. The van der Waals surface area contributed by atoms with Crippen LogP contribution in [0.4, 0.5) is 5.82 Å². The number of aromatic nitrogens is 2. The van der Waals surface area contributed by atoms with Gasteiger partial charge in [-0.15, -0.1) is 0 Å². The Kier molecular flexibility index (Phi) is 4.55. The van der Waals surface area contributed by atoms with Crippen molar-refractivity contribution in [2.45, 2.75) is 57.6 Å². The lowest BCUT2D eigenvalue weighted by molar-refractivity contribution is 0.544. The van der Waals surface area contributed by atoms with E-state index in [2.05, 4.69) is 43.0 Å². The van der Waals surface area contributed by atoms with Gasteiger partial charge in [0.15, 0.2) is 0 Å². The minimum Gasteiger partial charge on any atom is -0.368 e. The Labute approximate surface area is 131 Å². The smallest absolute Gasteiger partial charge is 0.137 e. The highest BCUT2D eigenvalue weighted by molar-refractivity contribution is 8.00. The van der Waals surface area contributed by atoms with Crippen molar-refractivity contribution in [2.75, 3.05) is 17.6 Å². The molecular weight excluding hydrogens is 290 g/mol. The zero-order valence-electron chi connectivity index (χ0n) is 13.0. The third kappa shape index (κ3) is 3.59. The summed E-state index contributed by atoms with van der Waals surface area (Å²) in [4.78, 5) is 9.09. The molecule has 1 atom stereocenters. The second-order valence-corrected chi connectivity index (χ2v) is 8.86. The average molecular weight is 314 g/mol. The van der Waals surface area contributed by atoms with E-state index in [-0.39, 0.29) is 5.41 Å². The van der Waals surface area contributed by atoms with Crippen molar-refractivity contribution in [3.05, 3.63) is 16.5 Å². The zero-order chi connectivity index (χ0) is 15.0. The Hall–Kier alpha value is -0.480. The van der Waals surface area contributed by atoms with Crippen LogP contribution in [0.5, 0.6) is 0 Å². The SMILES string of the molecule is Cc1c(Cl)nc(C(C)(C)C)nc1NCC1(C)CCCS1. The summed E-state index contributed by atoms with van der Waals surface area (Å²) >= 11 is 8.30. The highest BCUT2D eigenvalue weighted by Gasteiger charge is 2.30. The molecule has 0 spiro atoms. The van der Waals surface area contributed by atoms with Crippen LogP contribution in [0.15, 0.2) is 0 Å². The van der Waals surface area contributed by atoms with Gasteiger partial charge in [0, 0.05) is 22.3 Å². The molecule has 0 aromatic carbocycles. The lowest BCUT2D eigenvalue weighted by Gasteiger charge is -2.25. The molecule has 1 aromatic rings. The molecular formula is C15H24ClN3S. The summed E-state index contributed by atoms with van der Waals surface area (Å²) in [7, 11) is 0. The van der Waals surface area contributed by atoms with Crippen molar-refractivity contribution in [3.63, 3.8) is 0 Å². The van der Waals surface area contributed by atoms with Crippen LogP contribution in [0.25, 0.3) is 0 Å². The molecule has 0 aliphatic carbocycles. The fraction of sp³-hybridized carbons (Fsp3) is 0.733. The first-order chi connectivity index (χ1) is 9.21. The summed E-state index contributed by atoms with van der Waals surface area (Å²) in [6.45, 7) is 11.5. The van der Waals surface area contributed by atoms with Gasteiger partial charge < -0.3 is 5.32 Å². The van der Waals surface area contributed by atoms with Crippen molar-refractivity contribution in [3.8, 4) is 0 Å². The van der Waals surface area contributed by atoms with E-state index in [1.165, 1.54) is 18.6 Å². The zero-order valence-corrected chi connectivity index (χ0v) is 14.6. The Morgan fingerprint density at radius 3 is 2.60 bits per heavy atom. The minimum atomic E-state index is -0.0974. The van der Waals surface area contributed by atoms with Crippen molar-refractivity contribution in [2.24, 2.45) is 0 Å². The largest absolute Gasteiger partial charge is 0.368 e. The Balaban J connectivity index is 2.20. The molecule has 2 rings (SSSR count). The van der Waals surface area contributed by atoms with E-state index < -0.39 is 0 Å². The first kappa shape index (κ1) is 15.9. The summed E-state index contributed by atoms with van der Waals surface area (Å²) < 4.78 is 0.311. The minimum absolute atomic E-state index is 0.0974. The predicted octanol–water partition coefficient (Wildman–Crippen LogP) is 4.43. The van der Waals surface area contributed by atoms with Crippen LogP contribution in [-0.2, 0) is 5.41 Å². The molecule has 1 aliphatic heterocycles. The van der Waals surface area contributed by atoms with Gasteiger partial charge in [0.1, 0.15) is 16.8 Å². The van der Waals surface area contributed by atoms with E-state index in [1.807, 2.05) is 18.7 Å². The number of rotatable bonds is 3. The van der Waals surface area contributed by atoms with Gasteiger partial charge in [0.05, 0.1) is 0 Å². The molecule has 112 valence electrons. The third-order valence-corrected chi connectivity index (χ3v) is 5.59. The predicted molar refractivity (Wildman–Crippen MR) is 89.1 cm³/mol. The van der Waals surface area contributed by atoms with Crippen LogP contribution in [-0.4, -0.2) is 27.0 Å². The van der Waals surface area contributed by atoms with Crippen LogP contribution >= 0.6 is 23.4 Å². The number of anilines is 1. The topological polar surface area (TPSA) is 37.8 Å². The number of halogens is 1. The van der Waals surface area contributed by atoms with Crippen molar-refractivity contribution in [1.82, 2.24) is 9.97 Å². The van der Waals surface area contributed by atoms with E-state index in [9.17, 15) is 0 Å². The molecule has 1 aliphatic rings. The van der Waals surface area contributed by atoms with Gasteiger partial charge in [-0.1, -0.05) is 32.4 Å². The van der Waals surface area contributed by atoms with E-state index in [4.69, 9.17) is 11.6 Å². The highest BCUT2D eigenvalue weighted by Crippen LogP contribution is 2.38. The van der Waals surface area contributed by atoms with Gasteiger partial charge in [0.25, 0.3) is 0 Å². The van der Waals surface area contributed by atoms with E-state index in [0.29, 0.717) is 9.90 Å². The standard InChI is InChI=1S/C15H24ClN3S/c1-10-11(16)18-13(14(2,3)4)19-12(10)17-9-15(5)7-6-8-20-15/h6-9H2,1-5H3,(H,17,18,19). The third-order valence-electron chi connectivity index (χ3n) is 3.69. The van der Waals surface area contributed by atoms with Gasteiger partial charge >= 0.3 is 0 Å². The summed E-state index contributed by atoms with van der Waals surface area (Å²) in [5, 5.41) is 4.04. The number of nitrogens with one attached hydrogen (secondary N) is 1. The van der Waals surface area contributed by atoms with Crippen molar-refractivity contribution < 1.29 is 0 Å². The number of thioether (sulfide) groups is 1. The summed E-state index contributed by atoms with van der Waals surface area (Å²) in [6.07, 6.45) is 2.56. The van der Waals surface area contributed by atoms with E-state index >= 15 is 0 Å². The Bertz CT molecular complexity index is 491. The van der Waals surface area contributed by atoms with Gasteiger partial charge in [0.2, 0.25) is 0 Å². The molecule has 1 unspecified atom stereocenters. The molecule has 0 bridgehead atoms. The van der Waals surface area contributed by atoms with Gasteiger partial charge in [-0.25, -0.2) is 9.97 Å². The van der Waals surface area contributed by atoms with Crippen molar-refractivity contribution >= 4 is 29.2 Å². The fourth-order valence-electron chi connectivity index (χ4n) is 2.24. The molecule has 3 nitrogen and oxygen atoms in total. The number of nitrogens with zero attached hydrogens (tertiary/aromatic N) is 2. The molecule has 2 heterocycles. The maximum atomic E-state index is 6.26. The lowest BCUT2D eigenvalue weighted by atomic mass is 9.95. The molecule has 0 saturated carbocycles. The number of hydrogen-bond donors (Lipinski definition) is 1. The lowest BCUT2D eigenvalue weighted by Crippen LogP contribution is -2.28. The summed E-state index contributed by atoms with van der Waals surface area (Å²) in [5.74, 6) is 2.93. The average Bonchev–Trinajstić information content (AvgIpc) is 2.77. The summed E-state index contributed by atoms with van der Waals surface area (Å²) in [5.41, 5.74) is 0.839. The van der Waals surface area contributed by atoms with Crippen LogP contribution < -0.4 is 5.32 Å².